The second kappa shape index (κ2) is 5.65. The van der Waals surface area contributed by atoms with Crippen LogP contribution in [0.4, 0.5) is 0 Å². The van der Waals surface area contributed by atoms with Crippen molar-refractivity contribution in [2.75, 3.05) is 7.11 Å². The van der Waals surface area contributed by atoms with E-state index in [0.29, 0.717) is 6.42 Å². The molecule has 96 valence electrons. The highest BCUT2D eigenvalue weighted by Crippen LogP contribution is 2.23. The SMILES string of the molecule is CCC(C)(OC)C(O)Cc1cc(C)ccc1C. The number of methoxy groups -OCH3 is 1. The highest BCUT2D eigenvalue weighted by atomic mass is 16.5. The van der Waals surface area contributed by atoms with Gasteiger partial charge in [-0.05, 0) is 38.3 Å². The second-order valence-electron chi connectivity index (χ2n) is 5.02. The zero-order valence-electron chi connectivity index (χ0n) is 11.6. The van der Waals surface area contributed by atoms with Crippen LogP contribution < -0.4 is 0 Å². The van der Waals surface area contributed by atoms with Crippen molar-refractivity contribution < 1.29 is 9.84 Å². The van der Waals surface area contributed by atoms with E-state index in [1.165, 1.54) is 16.7 Å². The number of aryl methyl sites for hydroxylation is 2. The molecule has 1 N–H and O–H groups in total. The number of benzene rings is 1. The molecular formula is C15H24O2. The first kappa shape index (κ1) is 14.2. The minimum Gasteiger partial charge on any atom is -0.390 e. The van der Waals surface area contributed by atoms with Gasteiger partial charge in [0, 0.05) is 13.5 Å². The van der Waals surface area contributed by atoms with Crippen molar-refractivity contribution in [3.8, 4) is 0 Å². The molecule has 1 aromatic carbocycles. The van der Waals surface area contributed by atoms with Gasteiger partial charge in [0.2, 0.25) is 0 Å². The summed E-state index contributed by atoms with van der Waals surface area (Å²) in [6.45, 7) is 8.15. The van der Waals surface area contributed by atoms with E-state index < -0.39 is 11.7 Å². The van der Waals surface area contributed by atoms with Crippen molar-refractivity contribution in [3.05, 3.63) is 34.9 Å². The molecular weight excluding hydrogens is 212 g/mol. The molecule has 2 nitrogen and oxygen atoms in total. The molecule has 0 aliphatic heterocycles. The summed E-state index contributed by atoms with van der Waals surface area (Å²) in [4.78, 5) is 0. The fourth-order valence-electron chi connectivity index (χ4n) is 1.96. The van der Waals surface area contributed by atoms with Gasteiger partial charge in [0.15, 0.2) is 0 Å². The number of hydrogen-bond donors (Lipinski definition) is 1. The lowest BCUT2D eigenvalue weighted by molar-refractivity contribution is -0.0914. The van der Waals surface area contributed by atoms with E-state index in [0.717, 1.165) is 6.42 Å². The average Bonchev–Trinajstić information content (AvgIpc) is 2.32. The standard InChI is InChI=1S/C15H24O2/c1-6-15(4,17-5)14(16)10-13-9-11(2)7-8-12(13)3/h7-9,14,16H,6,10H2,1-5H3. The number of aliphatic hydroxyl groups is 1. The molecule has 0 saturated carbocycles. The zero-order valence-corrected chi connectivity index (χ0v) is 11.6. The Bertz CT molecular complexity index is 367. The van der Waals surface area contributed by atoms with E-state index in [4.69, 9.17) is 4.74 Å². The highest BCUT2D eigenvalue weighted by molar-refractivity contribution is 5.31. The van der Waals surface area contributed by atoms with E-state index in [-0.39, 0.29) is 0 Å². The van der Waals surface area contributed by atoms with Crippen LogP contribution in [0.3, 0.4) is 0 Å². The molecule has 1 aromatic rings. The first-order valence-corrected chi connectivity index (χ1v) is 6.22. The fourth-order valence-corrected chi connectivity index (χ4v) is 1.96. The molecule has 2 unspecified atom stereocenters. The van der Waals surface area contributed by atoms with E-state index in [9.17, 15) is 5.11 Å². The predicted molar refractivity (Wildman–Crippen MR) is 71.3 cm³/mol. The third-order valence-electron chi connectivity index (χ3n) is 3.79. The Labute approximate surface area is 105 Å². The molecule has 0 spiro atoms. The maximum Gasteiger partial charge on any atom is 0.0909 e. The maximum absolute atomic E-state index is 10.3. The lowest BCUT2D eigenvalue weighted by Crippen LogP contribution is -2.42. The lowest BCUT2D eigenvalue weighted by Gasteiger charge is -2.32. The fraction of sp³-hybridized carbons (Fsp3) is 0.600. The number of hydrogen-bond acceptors (Lipinski definition) is 2. The Morgan fingerprint density at radius 1 is 1.35 bits per heavy atom. The number of rotatable bonds is 5. The smallest absolute Gasteiger partial charge is 0.0909 e. The summed E-state index contributed by atoms with van der Waals surface area (Å²) >= 11 is 0. The molecule has 2 heteroatoms. The number of ether oxygens (including phenoxy) is 1. The molecule has 17 heavy (non-hydrogen) atoms. The monoisotopic (exact) mass is 236 g/mol. The van der Waals surface area contributed by atoms with Crippen molar-refractivity contribution in [3.63, 3.8) is 0 Å². The zero-order chi connectivity index (χ0) is 13.1. The van der Waals surface area contributed by atoms with Gasteiger partial charge < -0.3 is 9.84 Å². The molecule has 0 aliphatic carbocycles. The summed E-state index contributed by atoms with van der Waals surface area (Å²) in [6, 6.07) is 6.35. The lowest BCUT2D eigenvalue weighted by atomic mass is 9.89. The van der Waals surface area contributed by atoms with Crippen LogP contribution in [-0.2, 0) is 11.2 Å². The molecule has 0 bridgehead atoms. The molecule has 0 aromatic heterocycles. The molecule has 2 atom stereocenters. The summed E-state index contributed by atoms with van der Waals surface area (Å²) < 4.78 is 5.44. The minimum atomic E-state index is -0.474. The van der Waals surface area contributed by atoms with Gasteiger partial charge in [-0.25, -0.2) is 0 Å². The molecule has 0 saturated heterocycles. The van der Waals surface area contributed by atoms with E-state index in [1.807, 2.05) is 13.8 Å². The minimum absolute atomic E-state index is 0.462. The van der Waals surface area contributed by atoms with Gasteiger partial charge in [-0.1, -0.05) is 30.7 Å². The van der Waals surface area contributed by atoms with Crippen LogP contribution in [0, 0.1) is 13.8 Å². The van der Waals surface area contributed by atoms with Gasteiger partial charge in [0.05, 0.1) is 11.7 Å². The van der Waals surface area contributed by atoms with Crippen molar-refractivity contribution in [2.45, 2.75) is 52.2 Å². The number of aliphatic hydroxyl groups excluding tert-OH is 1. The van der Waals surface area contributed by atoms with Crippen LogP contribution in [0.25, 0.3) is 0 Å². The topological polar surface area (TPSA) is 29.5 Å². The molecule has 0 fully saturated rings. The first-order valence-electron chi connectivity index (χ1n) is 6.22. The van der Waals surface area contributed by atoms with Gasteiger partial charge >= 0.3 is 0 Å². The Balaban J connectivity index is 2.87. The van der Waals surface area contributed by atoms with Crippen molar-refractivity contribution >= 4 is 0 Å². The van der Waals surface area contributed by atoms with Gasteiger partial charge in [0.1, 0.15) is 0 Å². The Kier molecular flexibility index (Phi) is 4.72. The third kappa shape index (κ3) is 3.30. The average molecular weight is 236 g/mol. The molecule has 0 heterocycles. The highest BCUT2D eigenvalue weighted by Gasteiger charge is 2.31. The summed E-state index contributed by atoms with van der Waals surface area (Å²) in [5.41, 5.74) is 3.20. The molecule has 1 rings (SSSR count). The van der Waals surface area contributed by atoms with Gasteiger partial charge in [-0.3, -0.25) is 0 Å². The van der Waals surface area contributed by atoms with Crippen LogP contribution in [0.2, 0.25) is 0 Å². The van der Waals surface area contributed by atoms with Crippen LogP contribution in [0.1, 0.15) is 37.0 Å². The molecule has 0 aliphatic rings. The molecule has 0 radical (unpaired) electrons. The Hall–Kier alpha value is -0.860. The van der Waals surface area contributed by atoms with Crippen molar-refractivity contribution in [1.82, 2.24) is 0 Å². The van der Waals surface area contributed by atoms with Gasteiger partial charge in [-0.15, -0.1) is 0 Å². The predicted octanol–water partition coefficient (Wildman–Crippen LogP) is 3.02. The Morgan fingerprint density at radius 2 is 2.00 bits per heavy atom. The van der Waals surface area contributed by atoms with Crippen molar-refractivity contribution in [1.29, 1.82) is 0 Å². The van der Waals surface area contributed by atoms with Crippen LogP contribution in [0.5, 0.6) is 0 Å². The summed E-state index contributed by atoms with van der Waals surface area (Å²) in [7, 11) is 1.66. The maximum atomic E-state index is 10.3. The summed E-state index contributed by atoms with van der Waals surface area (Å²) in [5.74, 6) is 0. The van der Waals surface area contributed by atoms with Crippen molar-refractivity contribution in [2.24, 2.45) is 0 Å². The largest absolute Gasteiger partial charge is 0.390 e. The van der Waals surface area contributed by atoms with Crippen LogP contribution in [-0.4, -0.2) is 23.9 Å². The van der Waals surface area contributed by atoms with Gasteiger partial charge in [-0.2, -0.15) is 0 Å². The Morgan fingerprint density at radius 3 is 2.53 bits per heavy atom. The van der Waals surface area contributed by atoms with E-state index >= 15 is 0 Å². The normalized spacial score (nSPS) is 16.6. The van der Waals surface area contributed by atoms with Crippen LogP contribution >= 0.6 is 0 Å². The first-order chi connectivity index (χ1) is 7.92. The quantitative estimate of drug-likeness (QED) is 0.851. The van der Waals surface area contributed by atoms with E-state index in [2.05, 4.69) is 32.0 Å². The molecule has 0 amide bonds. The summed E-state index contributed by atoms with van der Waals surface area (Å²) in [5, 5.41) is 10.3. The summed E-state index contributed by atoms with van der Waals surface area (Å²) in [6.07, 6.45) is 0.972. The second-order valence-corrected chi connectivity index (χ2v) is 5.02. The van der Waals surface area contributed by atoms with Gasteiger partial charge in [0.25, 0.3) is 0 Å². The van der Waals surface area contributed by atoms with Crippen LogP contribution in [0.15, 0.2) is 18.2 Å². The van der Waals surface area contributed by atoms with E-state index in [1.54, 1.807) is 7.11 Å². The third-order valence-corrected chi connectivity index (χ3v) is 3.79.